The van der Waals surface area contributed by atoms with Crippen LogP contribution in [0.15, 0.2) is 40.8 Å². The molecule has 7 heteroatoms. The first kappa shape index (κ1) is 19.1. The monoisotopic (exact) mass is 373 g/mol. The van der Waals surface area contributed by atoms with Crippen LogP contribution in [-0.2, 0) is 22.6 Å². The molecule has 144 valence electrons. The number of furan rings is 1. The van der Waals surface area contributed by atoms with Crippen LogP contribution >= 0.6 is 0 Å². The molecule has 6 nitrogen and oxygen atoms in total. The van der Waals surface area contributed by atoms with Gasteiger partial charge in [0, 0.05) is 32.6 Å². The fourth-order valence-electron chi connectivity index (χ4n) is 3.19. The third-order valence-corrected chi connectivity index (χ3v) is 4.61. The molecule has 1 aliphatic rings. The van der Waals surface area contributed by atoms with Gasteiger partial charge in [0.1, 0.15) is 17.3 Å². The Morgan fingerprint density at radius 3 is 2.78 bits per heavy atom. The summed E-state index contributed by atoms with van der Waals surface area (Å²) in [4.78, 5) is 26.5. The van der Waals surface area contributed by atoms with Crippen LogP contribution in [0.25, 0.3) is 0 Å². The molecule has 0 radical (unpaired) electrons. The number of hydrogen-bond donors (Lipinski definition) is 2. The van der Waals surface area contributed by atoms with Gasteiger partial charge in [-0.15, -0.1) is 0 Å². The topological polar surface area (TPSA) is 74.6 Å². The molecule has 0 aliphatic carbocycles. The Morgan fingerprint density at radius 1 is 1.30 bits per heavy atom. The minimum Gasteiger partial charge on any atom is -0.466 e. The van der Waals surface area contributed by atoms with E-state index in [1.54, 1.807) is 12.1 Å². The highest BCUT2D eigenvalue weighted by atomic mass is 19.1. The molecule has 1 aromatic carbocycles. The first-order valence-corrected chi connectivity index (χ1v) is 9.09. The second-order valence-electron chi connectivity index (χ2n) is 6.72. The number of nitrogens with zero attached hydrogens (tertiary/aromatic N) is 1. The maximum absolute atomic E-state index is 13.1. The Kier molecular flexibility index (Phi) is 6.24. The Morgan fingerprint density at radius 2 is 2.07 bits per heavy atom. The van der Waals surface area contributed by atoms with Crippen molar-refractivity contribution in [1.29, 1.82) is 0 Å². The van der Waals surface area contributed by atoms with E-state index in [0.29, 0.717) is 32.6 Å². The summed E-state index contributed by atoms with van der Waals surface area (Å²) in [5, 5.41) is 5.66. The quantitative estimate of drug-likeness (QED) is 0.776. The summed E-state index contributed by atoms with van der Waals surface area (Å²) < 4.78 is 18.6. The first-order valence-electron chi connectivity index (χ1n) is 9.09. The number of carbonyl (C=O) groups is 2. The van der Waals surface area contributed by atoms with Gasteiger partial charge in [-0.1, -0.05) is 12.1 Å². The third-order valence-electron chi connectivity index (χ3n) is 4.61. The highest BCUT2D eigenvalue weighted by molar-refractivity contribution is 5.88. The van der Waals surface area contributed by atoms with E-state index >= 15 is 0 Å². The lowest BCUT2D eigenvalue weighted by molar-refractivity contribution is -0.134. The van der Waals surface area contributed by atoms with E-state index in [-0.39, 0.29) is 24.1 Å². The molecule has 2 heterocycles. The zero-order chi connectivity index (χ0) is 19.2. The average Bonchev–Trinajstić information content (AvgIpc) is 3.05. The summed E-state index contributed by atoms with van der Waals surface area (Å²) in [5.41, 5.74) is 0.907. The smallest absolute Gasteiger partial charge is 0.237 e. The van der Waals surface area contributed by atoms with E-state index in [0.717, 1.165) is 17.1 Å². The Bertz CT molecular complexity index is 788. The molecule has 2 aromatic rings. The summed E-state index contributed by atoms with van der Waals surface area (Å²) in [6.07, 6.45) is 0.694. The number of rotatable bonds is 7. The molecule has 0 unspecified atom stereocenters. The molecule has 0 saturated carbocycles. The number of aryl methyl sites for hydroxylation is 1. The van der Waals surface area contributed by atoms with Crippen molar-refractivity contribution in [3.05, 3.63) is 59.3 Å². The van der Waals surface area contributed by atoms with Crippen molar-refractivity contribution in [1.82, 2.24) is 15.5 Å². The fourth-order valence-corrected chi connectivity index (χ4v) is 3.19. The van der Waals surface area contributed by atoms with Gasteiger partial charge in [0.05, 0.1) is 12.5 Å². The SMILES string of the molecule is Cc1ccc(CCNC(=O)C[C@H]2C(=O)NCCN2Cc2ccc(F)cc2)o1. The number of carbonyl (C=O) groups excluding carboxylic acids is 2. The highest BCUT2D eigenvalue weighted by Gasteiger charge is 2.31. The zero-order valence-electron chi connectivity index (χ0n) is 15.3. The number of halogens is 1. The molecule has 1 aliphatic heterocycles. The van der Waals surface area contributed by atoms with Gasteiger partial charge in [0.15, 0.2) is 0 Å². The third kappa shape index (κ3) is 5.40. The van der Waals surface area contributed by atoms with Gasteiger partial charge >= 0.3 is 0 Å². The van der Waals surface area contributed by atoms with E-state index in [1.165, 1.54) is 12.1 Å². The maximum Gasteiger partial charge on any atom is 0.237 e. The number of benzene rings is 1. The number of hydrogen-bond acceptors (Lipinski definition) is 4. The molecule has 0 spiro atoms. The van der Waals surface area contributed by atoms with Crippen LogP contribution in [0.2, 0.25) is 0 Å². The Balaban J connectivity index is 1.53. The molecule has 1 fully saturated rings. The average molecular weight is 373 g/mol. The van der Waals surface area contributed by atoms with Crippen molar-refractivity contribution in [3.63, 3.8) is 0 Å². The predicted molar refractivity (Wildman–Crippen MR) is 98.4 cm³/mol. The van der Waals surface area contributed by atoms with Crippen LogP contribution in [0.4, 0.5) is 4.39 Å². The Hall–Kier alpha value is -2.67. The molecule has 1 saturated heterocycles. The van der Waals surface area contributed by atoms with Gasteiger partial charge in [0.2, 0.25) is 11.8 Å². The van der Waals surface area contributed by atoms with Crippen LogP contribution in [0.1, 0.15) is 23.5 Å². The van der Waals surface area contributed by atoms with Crippen LogP contribution in [0, 0.1) is 12.7 Å². The molecule has 0 bridgehead atoms. The van der Waals surface area contributed by atoms with Crippen molar-refractivity contribution in [2.75, 3.05) is 19.6 Å². The van der Waals surface area contributed by atoms with E-state index in [4.69, 9.17) is 4.42 Å². The number of nitrogens with one attached hydrogen (secondary N) is 2. The summed E-state index contributed by atoms with van der Waals surface area (Å²) in [5.74, 6) is 1.04. The lowest BCUT2D eigenvalue weighted by Crippen LogP contribution is -2.56. The summed E-state index contributed by atoms with van der Waals surface area (Å²) >= 11 is 0. The molecular formula is C20H24FN3O3. The van der Waals surface area contributed by atoms with Crippen molar-refractivity contribution in [2.45, 2.75) is 32.4 Å². The first-order chi connectivity index (χ1) is 13.0. The van der Waals surface area contributed by atoms with E-state index in [9.17, 15) is 14.0 Å². The summed E-state index contributed by atoms with van der Waals surface area (Å²) in [6, 6.07) is 9.44. The maximum atomic E-state index is 13.1. The number of amides is 2. The molecule has 2 N–H and O–H groups in total. The highest BCUT2D eigenvalue weighted by Crippen LogP contribution is 2.14. The molecule has 1 atom stereocenters. The number of piperazine rings is 1. The second-order valence-corrected chi connectivity index (χ2v) is 6.72. The van der Waals surface area contributed by atoms with Crippen LogP contribution < -0.4 is 10.6 Å². The summed E-state index contributed by atoms with van der Waals surface area (Å²) in [7, 11) is 0. The van der Waals surface area contributed by atoms with E-state index < -0.39 is 6.04 Å². The normalized spacial score (nSPS) is 17.6. The van der Waals surface area contributed by atoms with Gasteiger partial charge in [0.25, 0.3) is 0 Å². The van der Waals surface area contributed by atoms with Crippen LogP contribution in [-0.4, -0.2) is 42.4 Å². The standard InChI is InChI=1S/C20H24FN3O3/c1-14-2-7-17(27-14)8-9-22-19(25)12-18-20(26)23-10-11-24(18)13-15-3-5-16(21)6-4-15/h2-7,18H,8-13H2,1H3,(H,22,25)(H,23,26)/t18-/m0/s1. The lowest BCUT2D eigenvalue weighted by atomic mass is 10.1. The molecular weight excluding hydrogens is 349 g/mol. The van der Waals surface area contributed by atoms with Crippen molar-refractivity contribution < 1.29 is 18.4 Å². The van der Waals surface area contributed by atoms with Gasteiger partial charge in [-0.3, -0.25) is 14.5 Å². The second kappa shape index (κ2) is 8.81. The lowest BCUT2D eigenvalue weighted by Gasteiger charge is -2.34. The summed E-state index contributed by atoms with van der Waals surface area (Å²) in [6.45, 7) is 4.01. The molecule has 2 amide bonds. The van der Waals surface area contributed by atoms with Crippen LogP contribution in [0.5, 0.6) is 0 Å². The van der Waals surface area contributed by atoms with Crippen molar-refractivity contribution in [3.8, 4) is 0 Å². The van der Waals surface area contributed by atoms with Gasteiger partial charge in [-0.2, -0.15) is 0 Å². The van der Waals surface area contributed by atoms with Crippen molar-refractivity contribution in [2.24, 2.45) is 0 Å². The minimum atomic E-state index is -0.533. The van der Waals surface area contributed by atoms with E-state index in [2.05, 4.69) is 10.6 Å². The van der Waals surface area contributed by atoms with Crippen LogP contribution in [0.3, 0.4) is 0 Å². The van der Waals surface area contributed by atoms with E-state index in [1.807, 2.05) is 24.0 Å². The molecule has 3 rings (SSSR count). The zero-order valence-corrected chi connectivity index (χ0v) is 15.3. The van der Waals surface area contributed by atoms with Crippen molar-refractivity contribution >= 4 is 11.8 Å². The molecule has 27 heavy (non-hydrogen) atoms. The predicted octanol–water partition coefficient (Wildman–Crippen LogP) is 1.78. The Labute approximate surface area is 157 Å². The minimum absolute atomic E-state index is 0.0875. The fraction of sp³-hybridized carbons (Fsp3) is 0.400. The van der Waals surface area contributed by atoms with Gasteiger partial charge in [-0.25, -0.2) is 4.39 Å². The van der Waals surface area contributed by atoms with Gasteiger partial charge < -0.3 is 15.1 Å². The largest absolute Gasteiger partial charge is 0.466 e. The molecule has 1 aromatic heterocycles. The van der Waals surface area contributed by atoms with Gasteiger partial charge in [-0.05, 0) is 36.8 Å².